The molecule has 0 aliphatic carbocycles. The molecule has 0 radical (unpaired) electrons. The molecule has 1 aromatic carbocycles. The van der Waals surface area contributed by atoms with Crippen LogP contribution in [0, 0.1) is 0 Å². The van der Waals surface area contributed by atoms with Crippen LogP contribution in [0.2, 0.25) is 0 Å². The van der Waals surface area contributed by atoms with Gasteiger partial charge in [0.15, 0.2) is 0 Å². The molecule has 1 fully saturated rings. The average molecular weight is 257 g/mol. The van der Waals surface area contributed by atoms with Crippen LogP contribution in [0.4, 0.5) is 0 Å². The summed E-state index contributed by atoms with van der Waals surface area (Å²) >= 11 is 0. The molecule has 4 heteroatoms. The summed E-state index contributed by atoms with van der Waals surface area (Å²) in [7, 11) is 0. The summed E-state index contributed by atoms with van der Waals surface area (Å²) in [5.41, 5.74) is 2.36. The molecule has 2 heterocycles. The van der Waals surface area contributed by atoms with Gasteiger partial charge in [0, 0.05) is 17.7 Å². The van der Waals surface area contributed by atoms with Crippen molar-refractivity contribution in [1.82, 2.24) is 15.5 Å². The summed E-state index contributed by atoms with van der Waals surface area (Å²) in [4.78, 5) is 0. The molecular formula is C15H19N3O. The van der Waals surface area contributed by atoms with Gasteiger partial charge >= 0.3 is 0 Å². The number of nitrogens with zero attached hydrogens (tertiary/aromatic N) is 1. The van der Waals surface area contributed by atoms with Gasteiger partial charge in [-0.25, -0.2) is 0 Å². The highest BCUT2D eigenvalue weighted by Gasteiger charge is 2.17. The molecule has 1 aliphatic rings. The fourth-order valence-electron chi connectivity index (χ4n) is 2.46. The standard InChI is InChI=1S/C15H19N3O/c1-2-4-12(5-3-1)11-19-15-10-14(17-18-15)13-6-8-16-9-7-13/h1-5,10,13,16H,6-9,11H2,(H,17,18). The fourth-order valence-corrected chi connectivity index (χ4v) is 2.46. The molecule has 0 atom stereocenters. The van der Waals surface area contributed by atoms with Crippen LogP contribution in [0.5, 0.6) is 5.88 Å². The molecule has 0 saturated carbocycles. The second-order valence-electron chi connectivity index (χ2n) is 4.96. The Bertz CT molecular complexity index is 503. The maximum absolute atomic E-state index is 5.71. The van der Waals surface area contributed by atoms with E-state index in [1.807, 2.05) is 24.3 Å². The quantitative estimate of drug-likeness (QED) is 0.884. The Labute approximate surface area is 113 Å². The van der Waals surface area contributed by atoms with E-state index in [2.05, 4.69) is 27.6 Å². The van der Waals surface area contributed by atoms with E-state index >= 15 is 0 Å². The summed E-state index contributed by atoms with van der Waals surface area (Å²) in [6.07, 6.45) is 2.33. The van der Waals surface area contributed by atoms with Gasteiger partial charge in [0.2, 0.25) is 5.88 Å². The predicted molar refractivity (Wildman–Crippen MR) is 74.2 cm³/mol. The molecule has 0 amide bonds. The van der Waals surface area contributed by atoms with Crippen molar-refractivity contribution in [3.05, 3.63) is 47.7 Å². The summed E-state index contributed by atoms with van der Waals surface area (Å²) in [5, 5.41) is 10.7. The van der Waals surface area contributed by atoms with Crippen LogP contribution >= 0.6 is 0 Å². The Hall–Kier alpha value is -1.81. The zero-order valence-electron chi connectivity index (χ0n) is 10.9. The Morgan fingerprint density at radius 3 is 2.74 bits per heavy atom. The molecule has 1 aromatic heterocycles. The smallest absolute Gasteiger partial charge is 0.233 e. The number of H-pyrrole nitrogens is 1. The molecule has 2 aromatic rings. The zero-order valence-corrected chi connectivity index (χ0v) is 10.9. The zero-order chi connectivity index (χ0) is 12.9. The van der Waals surface area contributed by atoms with Crippen LogP contribution in [0.15, 0.2) is 36.4 Å². The van der Waals surface area contributed by atoms with E-state index in [1.165, 1.54) is 18.5 Å². The predicted octanol–water partition coefficient (Wildman–Crippen LogP) is 2.46. The van der Waals surface area contributed by atoms with Gasteiger partial charge in [-0.1, -0.05) is 30.3 Å². The van der Waals surface area contributed by atoms with Gasteiger partial charge in [0.05, 0.1) is 0 Å². The van der Waals surface area contributed by atoms with E-state index in [9.17, 15) is 0 Å². The number of hydrogen-bond acceptors (Lipinski definition) is 3. The second kappa shape index (κ2) is 5.89. The Morgan fingerprint density at radius 2 is 1.95 bits per heavy atom. The molecular weight excluding hydrogens is 238 g/mol. The van der Waals surface area contributed by atoms with E-state index in [0.717, 1.165) is 18.7 Å². The lowest BCUT2D eigenvalue weighted by Crippen LogP contribution is -2.26. The van der Waals surface area contributed by atoms with Crippen molar-refractivity contribution in [1.29, 1.82) is 0 Å². The van der Waals surface area contributed by atoms with Gasteiger partial charge in [0.25, 0.3) is 0 Å². The highest BCUT2D eigenvalue weighted by Crippen LogP contribution is 2.25. The molecule has 0 spiro atoms. The van der Waals surface area contributed by atoms with Gasteiger partial charge in [-0.05, 0) is 31.5 Å². The van der Waals surface area contributed by atoms with Crippen molar-refractivity contribution in [3.63, 3.8) is 0 Å². The number of benzene rings is 1. The van der Waals surface area contributed by atoms with Gasteiger partial charge in [0.1, 0.15) is 6.61 Å². The first kappa shape index (κ1) is 12.2. The molecule has 0 unspecified atom stereocenters. The van der Waals surface area contributed by atoms with Crippen molar-refractivity contribution >= 4 is 0 Å². The number of ether oxygens (including phenoxy) is 1. The van der Waals surface area contributed by atoms with Crippen LogP contribution < -0.4 is 10.1 Å². The maximum atomic E-state index is 5.71. The number of hydrogen-bond donors (Lipinski definition) is 2. The number of aromatic amines is 1. The van der Waals surface area contributed by atoms with Crippen molar-refractivity contribution in [3.8, 4) is 5.88 Å². The van der Waals surface area contributed by atoms with E-state index in [4.69, 9.17) is 4.74 Å². The van der Waals surface area contributed by atoms with E-state index < -0.39 is 0 Å². The summed E-state index contributed by atoms with van der Waals surface area (Å²) in [6.45, 7) is 2.74. The lowest BCUT2D eigenvalue weighted by atomic mass is 9.95. The van der Waals surface area contributed by atoms with Crippen LogP contribution in [0.3, 0.4) is 0 Å². The maximum Gasteiger partial charge on any atom is 0.233 e. The van der Waals surface area contributed by atoms with Crippen LogP contribution in [-0.2, 0) is 6.61 Å². The molecule has 3 rings (SSSR count). The fraction of sp³-hybridized carbons (Fsp3) is 0.400. The van der Waals surface area contributed by atoms with Crippen LogP contribution in [0.1, 0.15) is 30.0 Å². The molecule has 100 valence electrons. The molecule has 0 bridgehead atoms. The van der Waals surface area contributed by atoms with Crippen LogP contribution in [0.25, 0.3) is 0 Å². The summed E-state index contributed by atoms with van der Waals surface area (Å²) in [5.74, 6) is 1.28. The van der Waals surface area contributed by atoms with E-state index in [0.29, 0.717) is 18.4 Å². The van der Waals surface area contributed by atoms with Crippen molar-refractivity contribution in [2.24, 2.45) is 0 Å². The van der Waals surface area contributed by atoms with Gasteiger partial charge in [-0.3, -0.25) is 5.10 Å². The molecule has 2 N–H and O–H groups in total. The molecule has 1 saturated heterocycles. The van der Waals surface area contributed by atoms with Crippen molar-refractivity contribution in [2.75, 3.05) is 13.1 Å². The van der Waals surface area contributed by atoms with Gasteiger partial charge in [-0.2, -0.15) is 0 Å². The Morgan fingerprint density at radius 1 is 1.16 bits per heavy atom. The minimum absolute atomic E-state index is 0.567. The molecule has 1 aliphatic heterocycles. The number of aromatic nitrogens is 2. The number of rotatable bonds is 4. The highest BCUT2D eigenvalue weighted by molar-refractivity contribution is 5.20. The molecule has 19 heavy (non-hydrogen) atoms. The minimum Gasteiger partial charge on any atom is -0.472 e. The van der Waals surface area contributed by atoms with Crippen molar-refractivity contribution < 1.29 is 4.74 Å². The van der Waals surface area contributed by atoms with Gasteiger partial charge < -0.3 is 10.1 Å². The SMILES string of the molecule is c1ccc(COc2cc(C3CCNCC3)[nH]n2)cc1. The first-order valence-electron chi connectivity index (χ1n) is 6.84. The third kappa shape index (κ3) is 3.15. The van der Waals surface area contributed by atoms with Crippen LogP contribution in [-0.4, -0.2) is 23.3 Å². The number of piperidine rings is 1. The topological polar surface area (TPSA) is 49.9 Å². The first-order chi connectivity index (χ1) is 9.42. The summed E-state index contributed by atoms with van der Waals surface area (Å²) < 4.78 is 5.71. The Kier molecular flexibility index (Phi) is 3.79. The van der Waals surface area contributed by atoms with E-state index in [1.54, 1.807) is 0 Å². The number of nitrogens with one attached hydrogen (secondary N) is 2. The third-order valence-electron chi connectivity index (χ3n) is 3.58. The van der Waals surface area contributed by atoms with Gasteiger partial charge in [-0.15, -0.1) is 5.10 Å². The monoisotopic (exact) mass is 257 g/mol. The first-order valence-corrected chi connectivity index (χ1v) is 6.84. The summed E-state index contributed by atoms with van der Waals surface area (Å²) in [6, 6.07) is 12.2. The Balaban J connectivity index is 1.58. The lowest BCUT2D eigenvalue weighted by molar-refractivity contribution is 0.293. The average Bonchev–Trinajstić information content (AvgIpc) is 2.96. The normalized spacial score (nSPS) is 16.4. The second-order valence-corrected chi connectivity index (χ2v) is 4.96. The lowest BCUT2D eigenvalue weighted by Gasteiger charge is -2.20. The highest BCUT2D eigenvalue weighted by atomic mass is 16.5. The van der Waals surface area contributed by atoms with E-state index in [-0.39, 0.29) is 0 Å². The largest absolute Gasteiger partial charge is 0.472 e. The molecule has 4 nitrogen and oxygen atoms in total. The van der Waals surface area contributed by atoms with Crippen molar-refractivity contribution in [2.45, 2.75) is 25.4 Å². The minimum atomic E-state index is 0.567. The third-order valence-corrected chi connectivity index (χ3v) is 3.58.